The lowest BCUT2D eigenvalue weighted by Gasteiger charge is -2.10. The van der Waals surface area contributed by atoms with Crippen LogP contribution >= 0.6 is 23.1 Å². The van der Waals surface area contributed by atoms with Crippen molar-refractivity contribution in [2.24, 2.45) is 0 Å². The van der Waals surface area contributed by atoms with E-state index in [1.54, 1.807) is 54.0 Å². The average molecular weight is 418 g/mol. The summed E-state index contributed by atoms with van der Waals surface area (Å²) in [7, 11) is 0. The number of ketones is 1. The Bertz CT molecular complexity index is 1130. The van der Waals surface area contributed by atoms with E-state index < -0.39 is 0 Å². The molecule has 1 amide bonds. The van der Waals surface area contributed by atoms with Crippen LogP contribution in [0.1, 0.15) is 26.3 Å². The zero-order chi connectivity index (χ0) is 20.1. The molecule has 1 N–H and O–H groups in total. The SMILES string of the molecule is O=C(Nc1ccc(Sc2nncs2)cc1)c1ccccc1C(=O)c1ccccc1. The first-order valence-electron chi connectivity index (χ1n) is 8.75. The molecule has 0 saturated heterocycles. The van der Waals surface area contributed by atoms with Crippen LogP contribution in [0.15, 0.2) is 93.6 Å². The topological polar surface area (TPSA) is 72.0 Å². The highest BCUT2D eigenvalue weighted by atomic mass is 32.2. The number of rotatable bonds is 6. The van der Waals surface area contributed by atoms with Gasteiger partial charge in [0.25, 0.3) is 5.91 Å². The highest BCUT2D eigenvalue weighted by Gasteiger charge is 2.18. The Morgan fingerprint density at radius 3 is 2.21 bits per heavy atom. The zero-order valence-electron chi connectivity index (χ0n) is 15.1. The van der Waals surface area contributed by atoms with Gasteiger partial charge in [-0.3, -0.25) is 9.59 Å². The molecule has 0 unspecified atom stereocenters. The fourth-order valence-corrected chi connectivity index (χ4v) is 4.19. The third-order valence-corrected chi connectivity index (χ3v) is 5.90. The number of amides is 1. The first-order valence-corrected chi connectivity index (χ1v) is 10.4. The highest BCUT2D eigenvalue weighted by molar-refractivity contribution is 8.01. The number of carbonyl (C=O) groups is 2. The van der Waals surface area contributed by atoms with Gasteiger partial charge >= 0.3 is 0 Å². The Balaban J connectivity index is 1.51. The molecule has 1 aromatic heterocycles. The minimum absolute atomic E-state index is 0.180. The summed E-state index contributed by atoms with van der Waals surface area (Å²) in [6.45, 7) is 0. The van der Waals surface area contributed by atoms with Crippen molar-refractivity contribution in [1.29, 1.82) is 0 Å². The van der Waals surface area contributed by atoms with Crippen LogP contribution in [0.3, 0.4) is 0 Å². The summed E-state index contributed by atoms with van der Waals surface area (Å²) in [5.74, 6) is -0.505. The lowest BCUT2D eigenvalue weighted by atomic mass is 9.98. The van der Waals surface area contributed by atoms with Gasteiger partial charge in [0.15, 0.2) is 10.1 Å². The molecule has 0 radical (unpaired) electrons. The molecule has 0 fully saturated rings. The standard InChI is InChI=1S/C22H15N3O2S2/c26-20(15-6-2-1-3-7-15)18-8-4-5-9-19(18)21(27)24-16-10-12-17(13-11-16)29-22-25-23-14-28-22/h1-14H,(H,24,27). The lowest BCUT2D eigenvalue weighted by Crippen LogP contribution is -2.16. The van der Waals surface area contributed by atoms with Crippen molar-refractivity contribution >= 4 is 40.5 Å². The molecular weight excluding hydrogens is 402 g/mol. The van der Waals surface area contributed by atoms with E-state index in [-0.39, 0.29) is 11.7 Å². The van der Waals surface area contributed by atoms with Crippen LogP contribution in [0.5, 0.6) is 0 Å². The molecule has 0 aliphatic rings. The van der Waals surface area contributed by atoms with Gasteiger partial charge in [-0.25, -0.2) is 0 Å². The molecule has 4 aromatic rings. The van der Waals surface area contributed by atoms with E-state index in [1.807, 2.05) is 30.3 Å². The average Bonchev–Trinajstić information content (AvgIpc) is 3.28. The minimum Gasteiger partial charge on any atom is -0.322 e. The van der Waals surface area contributed by atoms with E-state index in [1.165, 1.54) is 23.1 Å². The first kappa shape index (κ1) is 19.0. The van der Waals surface area contributed by atoms with Gasteiger partial charge in [0.05, 0.1) is 5.56 Å². The summed E-state index contributed by atoms with van der Waals surface area (Å²) in [5.41, 5.74) is 3.60. The number of carbonyl (C=O) groups excluding carboxylic acids is 2. The van der Waals surface area contributed by atoms with E-state index >= 15 is 0 Å². The van der Waals surface area contributed by atoms with Crippen molar-refractivity contribution in [3.8, 4) is 0 Å². The predicted molar refractivity (Wildman–Crippen MR) is 115 cm³/mol. The third kappa shape index (κ3) is 4.59. The second-order valence-corrected chi connectivity index (χ2v) is 8.18. The molecular formula is C22H15N3O2S2. The van der Waals surface area contributed by atoms with Gasteiger partial charge in [-0.05, 0) is 30.3 Å². The zero-order valence-corrected chi connectivity index (χ0v) is 16.7. The Labute approximate surface area is 175 Å². The van der Waals surface area contributed by atoms with Gasteiger partial charge in [0, 0.05) is 21.7 Å². The Morgan fingerprint density at radius 1 is 0.828 bits per heavy atom. The molecule has 29 heavy (non-hydrogen) atoms. The second kappa shape index (κ2) is 8.81. The Morgan fingerprint density at radius 2 is 1.52 bits per heavy atom. The van der Waals surface area contributed by atoms with Gasteiger partial charge in [-0.2, -0.15) is 0 Å². The molecule has 0 bridgehead atoms. The molecule has 4 rings (SSSR count). The maximum Gasteiger partial charge on any atom is 0.256 e. The van der Waals surface area contributed by atoms with Gasteiger partial charge in [0.1, 0.15) is 5.51 Å². The first-order chi connectivity index (χ1) is 14.2. The van der Waals surface area contributed by atoms with Crippen molar-refractivity contribution in [3.05, 3.63) is 101 Å². The van der Waals surface area contributed by atoms with Crippen LogP contribution in [0, 0.1) is 0 Å². The molecule has 0 aliphatic carbocycles. The van der Waals surface area contributed by atoms with Crippen LogP contribution in [0.25, 0.3) is 0 Å². The number of hydrogen-bond donors (Lipinski definition) is 1. The highest BCUT2D eigenvalue weighted by Crippen LogP contribution is 2.29. The maximum absolute atomic E-state index is 12.8. The maximum atomic E-state index is 12.8. The molecule has 0 atom stereocenters. The summed E-state index contributed by atoms with van der Waals surface area (Å²) < 4.78 is 0.857. The Kier molecular flexibility index (Phi) is 5.79. The lowest BCUT2D eigenvalue weighted by molar-refractivity contribution is 0.0996. The monoisotopic (exact) mass is 417 g/mol. The number of nitrogens with zero attached hydrogens (tertiary/aromatic N) is 2. The van der Waals surface area contributed by atoms with Crippen molar-refractivity contribution in [1.82, 2.24) is 10.2 Å². The van der Waals surface area contributed by atoms with Crippen LogP contribution in [-0.2, 0) is 0 Å². The number of anilines is 1. The summed E-state index contributed by atoms with van der Waals surface area (Å²) in [6.07, 6.45) is 0. The van der Waals surface area contributed by atoms with Crippen molar-refractivity contribution < 1.29 is 9.59 Å². The molecule has 5 nitrogen and oxygen atoms in total. The quantitative estimate of drug-likeness (QED) is 0.438. The minimum atomic E-state index is -0.325. The van der Waals surface area contributed by atoms with Crippen LogP contribution in [0.2, 0.25) is 0 Å². The van der Waals surface area contributed by atoms with E-state index in [9.17, 15) is 9.59 Å². The summed E-state index contributed by atoms with van der Waals surface area (Å²) in [5, 5.41) is 10.7. The number of hydrogen-bond acceptors (Lipinski definition) is 6. The van der Waals surface area contributed by atoms with Gasteiger partial charge < -0.3 is 5.32 Å². The normalized spacial score (nSPS) is 10.5. The van der Waals surface area contributed by atoms with Gasteiger partial charge in [-0.15, -0.1) is 10.2 Å². The summed E-state index contributed by atoms with van der Waals surface area (Å²) >= 11 is 2.98. The Hall–Kier alpha value is -3.29. The molecule has 0 aliphatic heterocycles. The number of benzene rings is 3. The van der Waals surface area contributed by atoms with Crippen LogP contribution in [-0.4, -0.2) is 21.9 Å². The van der Waals surface area contributed by atoms with E-state index in [4.69, 9.17) is 0 Å². The smallest absolute Gasteiger partial charge is 0.256 e. The molecule has 0 saturated carbocycles. The third-order valence-electron chi connectivity index (χ3n) is 4.11. The number of aromatic nitrogens is 2. The molecule has 0 spiro atoms. The van der Waals surface area contributed by atoms with E-state index in [2.05, 4.69) is 15.5 Å². The van der Waals surface area contributed by atoms with Crippen LogP contribution in [0.4, 0.5) is 5.69 Å². The fraction of sp³-hybridized carbons (Fsp3) is 0. The molecule has 7 heteroatoms. The molecule has 3 aromatic carbocycles. The van der Waals surface area contributed by atoms with Crippen molar-refractivity contribution in [3.63, 3.8) is 0 Å². The van der Waals surface area contributed by atoms with E-state index in [0.717, 1.165) is 9.24 Å². The van der Waals surface area contributed by atoms with Crippen molar-refractivity contribution in [2.45, 2.75) is 9.24 Å². The van der Waals surface area contributed by atoms with E-state index in [0.29, 0.717) is 22.4 Å². The van der Waals surface area contributed by atoms with Crippen LogP contribution < -0.4 is 5.32 Å². The predicted octanol–water partition coefficient (Wildman–Crippen LogP) is 5.17. The summed E-state index contributed by atoms with van der Waals surface area (Å²) in [6, 6.07) is 23.2. The number of nitrogens with one attached hydrogen (secondary N) is 1. The van der Waals surface area contributed by atoms with Crippen molar-refractivity contribution in [2.75, 3.05) is 5.32 Å². The fourth-order valence-electron chi connectivity index (χ4n) is 2.74. The molecule has 142 valence electrons. The van der Waals surface area contributed by atoms with Gasteiger partial charge in [-0.1, -0.05) is 71.6 Å². The summed E-state index contributed by atoms with van der Waals surface area (Å²) in [4.78, 5) is 26.7. The molecule has 1 heterocycles. The largest absolute Gasteiger partial charge is 0.322 e. The van der Waals surface area contributed by atoms with Gasteiger partial charge in [0.2, 0.25) is 0 Å². The second-order valence-electron chi connectivity index (χ2n) is 6.03.